The van der Waals surface area contributed by atoms with Gasteiger partial charge in [0, 0.05) is 24.4 Å². The number of pyridine rings is 1. The van der Waals surface area contributed by atoms with Crippen molar-refractivity contribution in [2.24, 2.45) is 5.92 Å². The van der Waals surface area contributed by atoms with E-state index in [4.69, 9.17) is 9.72 Å². The molecule has 1 aliphatic carbocycles. The first-order valence-electron chi connectivity index (χ1n) is 11.8. The summed E-state index contributed by atoms with van der Waals surface area (Å²) in [6.45, 7) is 7.19. The zero-order chi connectivity index (χ0) is 25.6. The second kappa shape index (κ2) is 9.20. The second-order valence-corrected chi connectivity index (χ2v) is 14.3. The van der Waals surface area contributed by atoms with Gasteiger partial charge in [0.2, 0.25) is 15.7 Å². The minimum atomic E-state index is -4.12. The number of nitrogens with zero attached hydrogens (tertiary/aromatic N) is 3. The number of rotatable bonds is 6. The maximum Gasteiger partial charge on any atom is 0.232 e. The van der Waals surface area contributed by atoms with Crippen molar-refractivity contribution in [1.29, 1.82) is 0 Å². The lowest BCUT2D eigenvalue weighted by atomic mass is 9.88. The molecule has 0 unspecified atom stereocenters. The molecule has 1 saturated carbocycles. The van der Waals surface area contributed by atoms with Crippen molar-refractivity contribution in [3.8, 4) is 5.88 Å². The van der Waals surface area contributed by atoms with E-state index in [1.807, 2.05) is 0 Å². The Morgan fingerprint density at radius 2 is 1.71 bits per heavy atom. The van der Waals surface area contributed by atoms with Gasteiger partial charge in [0.15, 0.2) is 9.84 Å². The van der Waals surface area contributed by atoms with Crippen LogP contribution in [0.5, 0.6) is 5.88 Å². The van der Waals surface area contributed by atoms with E-state index in [1.54, 1.807) is 18.2 Å². The molecule has 10 heteroatoms. The second-order valence-electron chi connectivity index (χ2n) is 10.4. The number of imidazole rings is 1. The molecular formula is C25H33N3O5S2. The van der Waals surface area contributed by atoms with E-state index >= 15 is 0 Å². The van der Waals surface area contributed by atoms with E-state index in [2.05, 4.69) is 30.3 Å². The first-order chi connectivity index (χ1) is 16.3. The van der Waals surface area contributed by atoms with Crippen molar-refractivity contribution in [1.82, 2.24) is 14.5 Å². The molecular weight excluding hydrogens is 486 g/mol. The first kappa shape index (κ1) is 25.6. The summed E-state index contributed by atoms with van der Waals surface area (Å²) in [4.78, 5) is 8.34. The molecule has 0 aliphatic heterocycles. The molecule has 1 aliphatic rings. The van der Waals surface area contributed by atoms with Crippen LogP contribution >= 0.6 is 0 Å². The lowest BCUT2D eigenvalue weighted by Crippen LogP contribution is -2.22. The van der Waals surface area contributed by atoms with Gasteiger partial charge in [-0.3, -0.25) is 0 Å². The van der Waals surface area contributed by atoms with Crippen LogP contribution in [0.1, 0.15) is 58.7 Å². The maximum absolute atomic E-state index is 13.6. The normalized spacial score (nSPS) is 16.0. The third kappa shape index (κ3) is 5.09. The molecule has 2 heterocycles. The minimum Gasteiger partial charge on any atom is -0.480 e. The Morgan fingerprint density at radius 3 is 2.31 bits per heavy atom. The van der Waals surface area contributed by atoms with Gasteiger partial charge in [-0.1, -0.05) is 40.0 Å². The molecule has 2 aromatic heterocycles. The maximum atomic E-state index is 13.6. The SMILES string of the molecule is COc1ncc(S(C)(=O)=O)cc1S(=O)(=O)c1ccc2c(c1)nc(C(C)(C)C)n2CC1CCCCC1. The molecule has 1 fully saturated rings. The highest BCUT2D eigenvalue weighted by Gasteiger charge is 2.29. The summed E-state index contributed by atoms with van der Waals surface area (Å²) in [5.74, 6) is 1.35. The Bertz CT molecular complexity index is 1460. The highest BCUT2D eigenvalue weighted by Crippen LogP contribution is 2.34. The van der Waals surface area contributed by atoms with Gasteiger partial charge in [-0.05, 0) is 43.0 Å². The van der Waals surface area contributed by atoms with Crippen LogP contribution in [0, 0.1) is 5.92 Å². The third-order valence-electron chi connectivity index (χ3n) is 6.57. The number of ether oxygens (including phenoxy) is 1. The Hall–Kier alpha value is -2.46. The minimum absolute atomic E-state index is 0.0125. The molecule has 0 radical (unpaired) electrons. The fourth-order valence-electron chi connectivity index (χ4n) is 4.75. The van der Waals surface area contributed by atoms with Crippen LogP contribution in [0.3, 0.4) is 0 Å². The van der Waals surface area contributed by atoms with Crippen molar-refractivity contribution in [3.63, 3.8) is 0 Å². The molecule has 0 saturated heterocycles. The van der Waals surface area contributed by atoms with Gasteiger partial charge < -0.3 is 9.30 Å². The Labute approximate surface area is 207 Å². The lowest BCUT2D eigenvalue weighted by Gasteiger charge is -2.26. The van der Waals surface area contributed by atoms with Gasteiger partial charge in [-0.2, -0.15) is 0 Å². The average Bonchev–Trinajstić information content (AvgIpc) is 3.17. The summed E-state index contributed by atoms with van der Waals surface area (Å²) in [5, 5.41) is 0. The number of hydrogen-bond donors (Lipinski definition) is 0. The predicted molar refractivity (Wildman–Crippen MR) is 134 cm³/mol. The zero-order valence-corrected chi connectivity index (χ0v) is 22.5. The number of hydrogen-bond acceptors (Lipinski definition) is 7. The molecule has 0 spiro atoms. The van der Waals surface area contributed by atoms with Crippen LogP contribution in [-0.2, 0) is 31.6 Å². The quantitative estimate of drug-likeness (QED) is 0.470. The van der Waals surface area contributed by atoms with Crippen LogP contribution in [-0.4, -0.2) is 44.7 Å². The van der Waals surface area contributed by atoms with Gasteiger partial charge in [-0.15, -0.1) is 0 Å². The standard InChI is InChI=1S/C25H33N3O5S2/c1-25(2,3)24-27-20-13-18(11-12-21(20)28(24)16-17-9-7-6-8-10-17)35(31,32)22-14-19(34(5,29)30)15-26-23(22)33-4/h11-15,17H,6-10,16H2,1-5H3. The van der Waals surface area contributed by atoms with E-state index in [9.17, 15) is 16.8 Å². The van der Waals surface area contributed by atoms with E-state index < -0.39 is 19.7 Å². The molecule has 1 aromatic carbocycles. The van der Waals surface area contributed by atoms with Crippen LogP contribution < -0.4 is 4.74 Å². The van der Waals surface area contributed by atoms with Crippen molar-refractivity contribution in [2.45, 2.75) is 79.5 Å². The number of benzene rings is 1. The van der Waals surface area contributed by atoms with Gasteiger partial charge in [0.25, 0.3) is 0 Å². The first-order valence-corrected chi connectivity index (χ1v) is 15.2. The van der Waals surface area contributed by atoms with E-state index in [1.165, 1.54) is 39.2 Å². The van der Waals surface area contributed by atoms with Crippen molar-refractivity contribution >= 4 is 30.7 Å². The zero-order valence-electron chi connectivity index (χ0n) is 20.9. The highest BCUT2D eigenvalue weighted by atomic mass is 32.2. The predicted octanol–water partition coefficient (Wildman–Crippen LogP) is 4.55. The van der Waals surface area contributed by atoms with Crippen molar-refractivity contribution < 1.29 is 21.6 Å². The summed E-state index contributed by atoms with van der Waals surface area (Å²) in [5.41, 5.74) is 1.27. The molecule has 0 amide bonds. The van der Waals surface area contributed by atoms with Crippen LogP contribution in [0.4, 0.5) is 0 Å². The topological polar surface area (TPSA) is 108 Å². The Balaban J connectivity index is 1.84. The van der Waals surface area contributed by atoms with E-state index in [0.717, 1.165) is 36.4 Å². The molecule has 3 aromatic rings. The van der Waals surface area contributed by atoms with Crippen LogP contribution in [0.15, 0.2) is 45.1 Å². The number of aromatic nitrogens is 3. The molecule has 4 rings (SSSR count). The van der Waals surface area contributed by atoms with Crippen molar-refractivity contribution in [3.05, 3.63) is 36.3 Å². The Morgan fingerprint density at radius 1 is 1.03 bits per heavy atom. The fourth-order valence-corrected chi connectivity index (χ4v) is 6.82. The molecule has 35 heavy (non-hydrogen) atoms. The van der Waals surface area contributed by atoms with Crippen LogP contribution in [0.25, 0.3) is 11.0 Å². The average molecular weight is 520 g/mol. The third-order valence-corrected chi connectivity index (χ3v) is 9.40. The number of methoxy groups -OCH3 is 1. The summed E-state index contributed by atoms with van der Waals surface area (Å²) in [6, 6.07) is 6.01. The molecule has 0 bridgehead atoms. The molecule has 0 N–H and O–H groups in total. The molecule has 0 atom stereocenters. The van der Waals surface area contributed by atoms with E-state index in [-0.39, 0.29) is 26.0 Å². The summed E-state index contributed by atoms with van der Waals surface area (Å²) < 4.78 is 58.6. The molecule has 190 valence electrons. The van der Waals surface area contributed by atoms with Gasteiger partial charge in [0.05, 0.1) is 27.9 Å². The highest BCUT2D eigenvalue weighted by molar-refractivity contribution is 7.92. The number of fused-ring (bicyclic) bond motifs is 1. The van der Waals surface area contributed by atoms with Gasteiger partial charge >= 0.3 is 0 Å². The largest absolute Gasteiger partial charge is 0.480 e. The fraction of sp³-hybridized carbons (Fsp3) is 0.520. The number of sulfone groups is 2. The monoisotopic (exact) mass is 519 g/mol. The van der Waals surface area contributed by atoms with Crippen molar-refractivity contribution in [2.75, 3.05) is 13.4 Å². The van der Waals surface area contributed by atoms with Crippen LogP contribution in [0.2, 0.25) is 0 Å². The Kier molecular flexibility index (Phi) is 6.74. The van der Waals surface area contributed by atoms with Gasteiger partial charge in [-0.25, -0.2) is 26.8 Å². The van der Waals surface area contributed by atoms with E-state index in [0.29, 0.717) is 11.4 Å². The van der Waals surface area contributed by atoms with Gasteiger partial charge in [0.1, 0.15) is 10.7 Å². The smallest absolute Gasteiger partial charge is 0.232 e. The summed E-state index contributed by atoms with van der Waals surface area (Å²) in [6.07, 6.45) is 8.26. The molecule has 8 nitrogen and oxygen atoms in total. The summed E-state index contributed by atoms with van der Waals surface area (Å²) in [7, 11) is -6.48. The summed E-state index contributed by atoms with van der Waals surface area (Å²) >= 11 is 0. The lowest BCUT2D eigenvalue weighted by molar-refractivity contribution is 0.313.